The third kappa shape index (κ3) is 3.70. The van der Waals surface area contributed by atoms with E-state index in [-0.39, 0.29) is 11.6 Å². The highest BCUT2D eigenvalue weighted by Crippen LogP contribution is 2.39. The molecule has 0 saturated carbocycles. The second-order valence-corrected chi connectivity index (χ2v) is 7.68. The maximum Gasteiger partial charge on any atom is 0.282 e. The molecule has 5 heteroatoms. The molecule has 31 heavy (non-hydrogen) atoms. The second-order valence-electron chi connectivity index (χ2n) is 7.68. The molecule has 0 atom stereocenters. The minimum atomic E-state index is -0.410. The minimum absolute atomic E-state index is 0.256. The first-order valence-corrected chi connectivity index (χ1v) is 10.1. The van der Waals surface area contributed by atoms with Crippen LogP contribution in [0.15, 0.2) is 72.4 Å². The van der Waals surface area contributed by atoms with Gasteiger partial charge in [-0.05, 0) is 61.7 Å². The van der Waals surface area contributed by atoms with Crippen LogP contribution in [0.3, 0.4) is 0 Å². The summed E-state index contributed by atoms with van der Waals surface area (Å²) in [6.45, 7) is 5.86. The van der Waals surface area contributed by atoms with Crippen molar-refractivity contribution in [2.75, 3.05) is 17.3 Å². The van der Waals surface area contributed by atoms with Gasteiger partial charge in [0.2, 0.25) is 0 Å². The number of amides is 2. The zero-order chi connectivity index (χ0) is 22.1. The summed E-state index contributed by atoms with van der Waals surface area (Å²) in [5.74, 6) is -0.319. The van der Waals surface area contributed by atoms with Crippen molar-refractivity contribution >= 4 is 28.8 Å². The molecule has 0 saturated heterocycles. The topological polar surface area (TPSA) is 58.6 Å². The van der Waals surface area contributed by atoms with Crippen molar-refractivity contribution in [1.82, 2.24) is 0 Å². The molecule has 0 bridgehead atoms. The summed E-state index contributed by atoms with van der Waals surface area (Å²) in [6, 6.07) is 20.7. The van der Waals surface area contributed by atoms with Gasteiger partial charge in [0.1, 0.15) is 11.4 Å². The van der Waals surface area contributed by atoms with Crippen LogP contribution in [0.5, 0.6) is 5.75 Å². The van der Waals surface area contributed by atoms with Gasteiger partial charge in [0, 0.05) is 5.69 Å². The predicted molar refractivity (Wildman–Crippen MR) is 123 cm³/mol. The quantitative estimate of drug-likeness (QED) is 0.598. The number of carbonyl (C=O) groups is 2. The number of anilines is 2. The van der Waals surface area contributed by atoms with E-state index in [1.807, 2.05) is 75.4 Å². The molecule has 3 aromatic carbocycles. The standard InChI is InChI=1S/C26H24N2O3/c1-16-10-12-20(18(3)14-16)23-24(27-19-8-6-5-7-9-19)26(30)28(25(23)29)21-15-17(2)11-13-22(21)31-4/h5-15,27H,1-4H3. The van der Waals surface area contributed by atoms with E-state index in [0.717, 1.165) is 27.9 Å². The van der Waals surface area contributed by atoms with Crippen molar-refractivity contribution in [3.05, 3.63) is 94.7 Å². The van der Waals surface area contributed by atoms with Crippen molar-refractivity contribution in [2.24, 2.45) is 0 Å². The number of hydrogen-bond acceptors (Lipinski definition) is 4. The fourth-order valence-corrected chi connectivity index (χ4v) is 3.85. The number of hydrogen-bond donors (Lipinski definition) is 1. The summed E-state index contributed by atoms with van der Waals surface area (Å²) in [5.41, 5.74) is 5.46. The van der Waals surface area contributed by atoms with Crippen LogP contribution >= 0.6 is 0 Å². The Hall–Kier alpha value is -3.86. The number of nitrogens with one attached hydrogen (secondary N) is 1. The Bertz CT molecular complexity index is 1210. The number of imide groups is 1. The molecule has 5 nitrogen and oxygen atoms in total. The molecule has 1 heterocycles. The molecular formula is C26H24N2O3. The smallest absolute Gasteiger partial charge is 0.282 e. The van der Waals surface area contributed by atoms with Gasteiger partial charge in [0.05, 0.1) is 18.4 Å². The number of ether oxygens (including phenoxy) is 1. The van der Waals surface area contributed by atoms with Gasteiger partial charge < -0.3 is 10.1 Å². The van der Waals surface area contributed by atoms with Crippen LogP contribution in [0.25, 0.3) is 5.57 Å². The number of carbonyl (C=O) groups excluding carboxylic acids is 2. The van der Waals surface area contributed by atoms with Crippen LogP contribution in [0.1, 0.15) is 22.3 Å². The lowest BCUT2D eigenvalue weighted by atomic mass is 9.97. The Morgan fingerprint density at radius 1 is 0.806 bits per heavy atom. The lowest BCUT2D eigenvalue weighted by Crippen LogP contribution is -2.32. The second kappa shape index (κ2) is 8.11. The molecular weight excluding hydrogens is 388 g/mol. The fourth-order valence-electron chi connectivity index (χ4n) is 3.85. The van der Waals surface area contributed by atoms with E-state index in [9.17, 15) is 9.59 Å². The SMILES string of the molecule is COc1ccc(C)cc1N1C(=O)C(Nc2ccccc2)=C(c2ccc(C)cc2C)C1=O. The Balaban J connectivity index is 1.89. The van der Waals surface area contributed by atoms with Crippen LogP contribution in [0, 0.1) is 20.8 Å². The summed E-state index contributed by atoms with van der Waals surface area (Å²) < 4.78 is 5.46. The number of benzene rings is 3. The first-order valence-electron chi connectivity index (χ1n) is 10.1. The highest BCUT2D eigenvalue weighted by Gasteiger charge is 2.41. The molecule has 0 aliphatic carbocycles. The van der Waals surface area contributed by atoms with Gasteiger partial charge >= 0.3 is 0 Å². The van der Waals surface area contributed by atoms with Crippen LogP contribution < -0.4 is 15.0 Å². The summed E-state index contributed by atoms with van der Waals surface area (Å²) in [5, 5.41) is 3.19. The van der Waals surface area contributed by atoms with Gasteiger partial charge in [-0.3, -0.25) is 9.59 Å². The van der Waals surface area contributed by atoms with E-state index < -0.39 is 5.91 Å². The monoisotopic (exact) mass is 412 g/mol. The Labute approximate surface area is 182 Å². The predicted octanol–water partition coefficient (Wildman–Crippen LogP) is 5.02. The van der Waals surface area contributed by atoms with E-state index in [1.54, 1.807) is 12.1 Å². The maximum atomic E-state index is 13.7. The van der Waals surface area contributed by atoms with E-state index in [0.29, 0.717) is 17.0 Å². The summed E-state index contributed by atoms with van der Waals surface area (Å²) in [6.07, 6.45) is 0. The molecule has 1 aliphatic heterocycles. The third-order valence-corrected chi connectivity index (χ3v) is 5.35. The fraction of sp³-hybridized carbons (Fsp3) is 0.154. The molecule has 0 fully saturated rings. The molecule has 1 aliphatic rings. The van der Waals surface area contributed by atoms with Crippen molar-refractivity contribution in [2.45, 2.75) is 20.8 Å². The van der Waals surface area contributed by atoms with E-state index in [2.05, 4.69) is 5.32 Å². The van der Waals surface area contributed by atoms with Gasteiger partial charge in [-0.15, -0.1) is 0 Å². The summed E-state index contributed by atoms with van der Waals surface area (Å²) in [4.78, 5) is 28.5. The third-order valence-electron chi connectivity index (χ3n) is 5.35. The van der Waals surface area contributed by atoms with Gasteiger partial charge in [0.25, 0.3) is 11.8 Å². The first kappa shape index (κ1) is 20.4. The number of aryl methyl sites for hydroxylation is 3. The van der Waals surface area contributed by atoms with Gasteiger partial charge in [-0.1, -0.05) is 48.0 Å². The minimum Gasteiger partial charge on any atom is -0.495 e. The number of rotatable bonds is 5. The van der Waals surface area contributed by atoms with Crippen LogP contribution in [0.4, 0.5) is 11.4 Å². The molecule has 4 rings (SSSR count). The average Bonchev–Trinajstić information content (AvgIpc) is 2.98. The Morgan fingerprint density at radius 3 is 2.16 bits per heavy atom. The van der Waals surface area contributed by atoms with Crippen molar-refractivity contribution in [3.63, 3.8) is 0 Å². The van der Waals surface area contributed by atoms with Crippen LogP contribution in [-0.2, 0) is 9.59 Å². The number of nitrogens with zero attached hydrogens (tertiary/aromatic N) is 1. The number of methoxy groups -OCH3 is 1. The summed E-state index contributed by atoms with van der Waals surface area (Å²) in [7, 11) is 1.53. The number of para-hydroxylation sites is 1. The van der Waals surface area contributed by atoms with Crippen molar-refractivity contribution < 1.29 is 14.3 Å². The van der Waals surface area contributed by atoms with Crippen LogP contribution in [0.2, 0.25) is 0 Å². The van der Waals surface area contributed by atoms with Gasteiger partial charge in [0.15, 0.2) is 0 Å². The molecule has 0 aromatic heterocycles. The highest BCUT2D eigenvalue weighted by atomic mass is 16.5. The largest absolute Gasteiger partial charge is 0.495 e. The van der Waals surface area contributed by atoms with Crippen LogP contribution in [-0.4, -0.2) is 18.9 Å². The first-order chi connectivity index (χ1) is 14.9. The zero-order valence-corrected chi connectivity index (χ0v) is 18.0. The molecule has 0 radical (unpaired) electrons. The normalized spacial score (nSPS) is 13.7. The van der Waals surface area contributed by atoms with Gasteiger partial charge in [-0.2, -0.15) is 0 Å². The Morgan fingerprint density at radius 2 is 1.48 bits per heavy atom. The molecule has 156 valence electrons. The molecule has 2 amide bonds. The molecule has 0 unspecified atom stereocenters. The average molecular weight is 412 g/mol. The van der Waals surface area contributed by atoms with Crippen molar-refractivity contribution in [3.8, 4) is 5.75 Å². The van der Waals surface area contributed by atoms with E-state index in [4.69, 9.17) is 4.74 Å². The lowest BCUT2D eigenvalue weighted by Gasteiger charge is -2.19. The van der Waals surface area contributed by atoms with E-state index >= 15 is 0 Å². The lowest BCUT2D eigenvalue weighted by molar-refractivity contribution is -0.120. The van der Waals surface area contributed by atoms with E-state index in [1.165, 1.54) is 12.0 Å². The molecule has 0 spiro atoms. The van der Waals surface area contributed by atoms with Crippen molar-refractivity contribution in [1.29, 1.82) is 0 Å². The maximum absolute atomic E-state index is 13.7. The van der Waals surface area contributed by atoms with Gasteiger partial charge in [-0.25, -0.2) is 4.90 Å². The summed E-state index contributed by atoms with van der Waals surface area (Å²) >= 11 is 0. The molecule has 1 N–H and O–H groups in total. The molecule has 3 aromatic rings. The Kier molecular flexibility index (Phi) is 5.34. The zero-order valence-electron chi connectivity index (χ0n) is 18.0. The highest BCUT2D eigenvalue weighted by molar-refractivity contribution is 6.46.